The molecule has 2 aliphatic heterocycles. The lowest BCUT2D eigenvalue weighted by Crippen LogP contribution is -2.49. The maximum Gasteiger partial charge on any atom is 0.313 e. The summed E-state index contributed by atoms with van der Waals surface area (Å²) in [5, 5.41) is 5.11. The summed E-state index contributed by atoms with van der Waals surface area (Å²) in [4.78, 5) is 31.7. The van der Waals surface area contributed by atoms with Crippen LogP contribution in [0.5, 0.6) is 0 Å². The molecule has 0 aliphatic carbocycles. The van der Waals surface area contributed by atoms with E-state index in [-0.39, 0.29) is 11.7 Å². The molecule has 8 heteroatoms. The normalized spacial score (nSPS) is 17.7. The highest BCUT2D eigenvalue weighted by Crippen LogP contribution is 2.31. The van der Waals surface area contributed by atoms with Crippen LogP contribution in [-0.4, -0.2) is 75.0 Å². The topological polar surface area (TPSA) is 67.9 Å². The van der Waals surface area contributed by atoms with E-state index in [0.29, 0.717) is 6.54 Å². The number of benzene rings is 2. The van der Waals surface area contributed by atoms with Crippen molar-refractivity contribution in [3.05, 3.63) is 59.4 Å². The zero-order chi connectivity index (χ0) is 22.7. The number of rotatable bonds is 5. The van der Waals surface area contributed by atoms with Crippen molar-refractivity contribution in [2.75, 3.05) is 63.6 Å². The minimum atomic E-state index is -0.872. The van der Waals surface area contributed by atoms with Crippen molar-refractivity contribution in [3.8, 4) is 0 Å². The Labute approximate surface area is 188 Å². The van der Waals surface area contributed by atoms with Gasteiger partial charge < -0.3 is 20.4 Å². The van der Waals surface area contributed by atoms with Crippen LogP contribution < -0.4 is 15.5 Å². The Balaban J connectivity index is 1.46. The number of carbonyl (C=O) groups excluding carboxylic acids is 2. The Bertz CT molecular complexity index is 990. The van der Waals surface area contributed by atoms with E-state index in [4.69, 9.17) is 0 Å². The van der Waals surface area contributed by atoms with E-state index >= 15 is 0 Å². The molecule has 0 bridgehead atoms. The molecule has 7 nitrogen and oxygen atoms in total. The minimum Gasteiger partial charge on any atom is -0.374 e. The molecule has 0 radical (unpaired) electrons. The van der Waals surface area contributed by atoms with Gasteiger partial charge in [-0.3, -0.25) is 14.5 Å². The van der Waals surface area contributed by atoms with Crippen molar-refractivity contribution < 1.29 is 14.0 Å². The SMILES string of the molecule is CN1CCN(C(CNC(=O)C(=O)Nc2ccccc2F)c2ccc3c(c2)CCN3C)CC1. The Morgan fingerprint density at radius 3 is 2.50 bits per heavy atom. The Kier molecular flexibility index (Phi) is 6.72. The first-order valence-electron chi connectivity index (χ1n) is 11.0. The number of halogens is 1. The molecule has 0 saturated carbocycles. The Hall–Kier alpha value is -2.97. The second-order valence-corrected chi connectivity index (χ2v) is 8.56. The van der Waals surface area contributed by atoms with Gasteiger partial charge in [0.15, 0.2) is 0 Å². The highest BCUT2D eigenvalue weighted by atomic mass is 19.1. The molecule has 0 spiro atoms. The number of hydrogen-bond donors (Lipinski definition) is 2. The number of carbonyl (C=O) groups is 2. The van der Waals surface area contributed by atoms with Gasteiger partial charge in [-0.25, -0.2) is 4.39 Å². The number of piperazine rings is 1. The van der Waals surface area contributed by atoms with Crippen LogP contribution in [0, 0.1) is 5.82 Å². The van der Waals surface area contributed by atoms with E-state index in [0.717, 1.165) is 44.7 Å². The fourth-order valence-electron chi connectivity index (χ4n) is 4.40. The van der Waals surface area contributed by atoms with Crippen LogP contribution in [0.2, 0.25) is 0 Å². The third kappa shape index (κ3) is 4.92. The standard InChI is InChI=1S/C24H30FN5O2/c1-28-11-13-30(14-12-28)22(17-7-8-21-18(15-17)9-10-29(21)2)16-26-23(31)24(32)27-20-6-4-3-5-19(20)25/h3-8,15,22H,9-14,16H2,1-2H3,(H,26,31)(H,27,32). The summed E-state index contributed by atoms with van der Waals surface area (Å²) in [5.74, 6) is -2.22. The Morgan fingerprint density at radius 1 is 1.00 bits per heavy atom. The van der Waals surface area contributed by atoms with Gasteiger partial charge in [-0.15, -0.1) is 0 Å². The molecular formula is C24H30FN5O2. The van der Waals surface area contributed by atoms with E-state index in [1.54, 1.807) is 6.07 Å². The summed E-state index contributed by atoms with van der Waals surface area (Å²) < 4.78 is 13.8. The van der Waals surface area contributed by atoms with Crippen molar-refractivity contribution in [1.29, 1.82) is 0 Å². The molecule has 2 heterocycles. The van der Waals surface area contributed by atoms with E-state index in [9.17, 15) is 14.0 Å². The number of anilines is 2. The van der Waals surface area contributed by atoms with Gasteiger partial charge in [0.2, 0.25) is 0 Å². The Morgan fingerprint density at radius 2 is 1.75 bits per heavy atom. The first-order valence-corrected chi connectivity index (χ1v) is 11.0. The monoisotopic (exact) mass is 439 g/mol. The second-order valence-electron chi connectivity index (χ2n) is 8.56. The predicted molar refractivity (Wildman–Crippen MR) is 123 cm³/mol. The number of nitrogens with one attached hydrogen (secondary N) is 2. The number of hydrogen-bond acceptors (Lipinski definition) is 5. The second kappa shape index (κ2) is 9.67. The molecule has 32 heavy (non-hydrogen) atoms. The summed E-state index contributed by atoms with van der Waals surface area (Å²) in [5.41, 5.74) is 3.69. The van der Waals surface area contributed by atoms with Gasteiger partial charge in [0, 0.05) is 52.0 Å². The van der Waals surface area contributed by atoms with Crippen molar-refractivity contribution in [1.82, 2.24) is 15.1 Å². The van der Waals surface area contributed by atoms with Gasteiger partial charge >= 0.3 is 11.8 Å². The molecule has 2 aliphatic rings. The van der Waals surface area contributed by atoms with Crippen LogP contribution in [0.3, 0.4) is 0 Å². The summed E-state index contributed by atoms with van der Waals surface area (Å²) in [6, 6.07) is 12.3. The van der Waals surface area contributed by atoms with E-state index < -0.39 is 17.6 Å². The molecule has 4 rings (SSSR count). The molecule has 1 unspecified atom stereocenters. The molecule has 1 saturated heterocycles. The maximum absolute atomic E-state index is 13.8. The highest BCUT2D eigenvalue weighted by Gasteiger charge is 2.27. The number of likely N-dealkylation sites (N-methyl/N-ethyl adjacent to an activating group) is 2. The lowest BCUT2D eigenvalue weighted by molar-refractivity contribution is -0.136. The largest absolute Gasteiger partial charge is 0.374 e. The number of fused-ring (bicyclic) bond motifs is 1. The molecular weight excluding hydrogens is 409 g/mol. The van der Waals surface area contributed by atoms with E-state index in [1.807, 2.05) is 0 Å². The quantitative estimate of drug-likeness (QED) is 0.697. The minimum absolute atomic E-state index is 0.00832. The van der Waals surface area contributed by atoms with Gasteiger partial charge in [-0.1, -0.05) is 24.3 Å². The zero-order valence-electron chi connectivity index (χ0n) is 18.6. The lowest BCUT2D eigenvalue weighted by Gasteiger charge is -2.38. The molecule has 2 aromatic carbocycles. The van der Waals surface area contributed by atoms with E-state index in [2.05, 4.69) is 57.6 Å². The fourth-order valence-corrected chi connectivity index (χ4v) is 4.40. The molecule has 2 aromatic rings. The van der Waals surface area contributed by atoms with Gasteiger partial charge in [-0.2, -0.15) is 0 Å². The van der Waals surface area contributed by atoms with Crippen LogP contribution in [0.25, 0.3) is 0 Å². The van der Waals surface area contributed by atoms with Gasteiger partial charge in [0.05, 0.1) is 11.7 Å². The predicted octanol–water partition coefficient (Wildman–Crippen LogP) is 1.86. The summed E-state index contributed by atoms with van der Waals surface area (Å²) in [7, 11) is 4.20. The first-order chi connectivity index (χ1) is 15.4. The molecule has 0 aromatic heterocycles. The molecule has 2 N–H and O–H groups in total. The van der Waals surface area contributed by atoms with Gasteiger partial charge in [0.1, 0.15) is 5.82 Å². The van der Waals surface area contributed by atoms with Crippen LogP contribution in [0.1, 0.15) is 17.2 Å². The zero-order valence-corrected chi connectivity index (χ0v) is 18.6. The first kappa shape index (κ1) is 22.2. The van der Waals surface area contributed by atoms with Gasteiger partial charge in [0.25, 0.3) is 0 Å². The summed E-state index contributed by atoms with van der Waals surface area (Å²) >= 11 is 0. The number of para-hydroxylation sites is 1. The van der Waals surface area contributed by atoms with Crippen LogP contribution in [0.4, 0.5) is 15.8 Å². The van der Waals surface area contributed by atoms with E-state index in [1.165, 1.54) is 29.4 Å². The molecule has 170 valence electrons. The van der Waals surface area contributed by atoms with Crippen molar-refractivity contribution >= 4 is 23.2 Å². The number of amides is 2. The third-order valence-corrected chi connectivity index (χ3v) is 6.38. The van der Waals surface area contributed by atoms with Crippen LogP contribution in [0.15, 0.2) is 42.5 Å². The summed E-state index contributed by atoms with van der Waals surface area (Å²) in [6.45, 7) is 4.98. The van der Waals surface area contributed by atoms with Crippen LogP contribution >= 0.6 is 0 Å². The van der Waals surface area contributed by atoms with Gasteiger partial charge in [-0.05, 0) is 42.8 Å². The highest BCUT2D eigenvalue weighted by molar-refractivity contribution is 6.39. The fraction of sp³-hybridized carbons (Fsp3) is 0.417. The van der Waals surface area contributed by atoms with Crippen molar-refractivity contribution in [2.24, 2.45) is 0 Å². The third-order valence-electron chi connectivity index (χ3n) is 6.38. The summed E-state index contributed by atoms with van der Waals surface area (Å²) in [6.07, 6.45) is 1.01. The smallest absolute Gasteiger partial charge is 0.313 e. The molecule has 1 atom stereocenters. The maximum atomic E-state index is 13.8. The van der Waals surface area contributed by atoms with Crippen molar-refractivity contribution in [3.63, 3.8) is 0 Å². The molecule has 2 amide bonds. The lowest BCUT2D eigenvalue weighted by atomic mass is 10.00. The number of nitrogens with zero attached hydrogens (tertiary/aromatic N) is 3. The molecule has 1 fully saturated rings. The average molecular weight is 440 g/mol. The van der Waals surface area contributed by atoms with Crippen LogP contribution in [-0.2, 0) is 16.0 Å². The average Bonchev–Trinajstić information content (AvgIpc) is 3.16. The van der Waals surface area contributed by atoms with Crippen molar-refractivity contribution in [2.45, 2.75) is 12.5 Å².